The Morgan fingerprint density at radius 2 is 1.90 bits per heavy atom. The highest BCUT2D eigenvalue weighted by atomic mass is 16.3. The average molecular weight is 285 g/mol. The molecule has 0 amide bonds. The highest BCUT2D eigenvalue weighted by Crippen LogP contribution is 2.32. The van der Waals surface area contributed by atoms with Crippen molar-refractivity contribution in [1.82, 2.24) is 4.90 Å². The first kappa shape index (κ1) is 16.2. The summed E-state index contributed by atoms with van der Waals surface area (Å²) < 4.78 is 0. The lowest BCUT2D eigenvalue weighted by Crippen LogP contribution is -2.50. The second kappa shape index (κ2) is 7.21. The van der Waals surface area contributed by atoms with Crippen LogP contribution in [0.3, 0.4) is 0 Å². The molecular formula is C16H31NO3. The largest absolute Gasteiger partial charge is 0.395 e. The van der Waals surface area contributed by atoms with Crippen molar-refractivity contribution in [3.63, 3.8) is 0 Å². The molecular weight excluding hydrogens is 254 g/mol. The van der Waals surface area contributed by atoms with Crippen molar-refractivity contribution in [3.8, 4) is 0 Å². The van der Waals surface area contributed by atoms with Crippen molar-refractivity contribution in [1.29, 1.82) is 0 Å². The summed E-state index contributed by atoms with van der Waals surface area (Å²) in [7, 11) is 0. The zero-order valence-corrected chi connectivity index (χ0v) is 12.8. The minimum atomic E-state index is -0.659. The Labute approximate surface area is 122 Å². The Bertz CT molecular complexity index is 291. The van der Waals surface area contributed by atoms with Gasteiger partial charge in [0.2, 0.25) is 0 Å². The van der Waals surface area contributed by atoms with Gasteiger partial charge in [0.1, 0.15) is 0 Å². The summed E-state index contributed by atoms with van der Waals surface area (Å²) in [5, 5.41) is 30.4. The predicted molar refractivity (Wildman–Crippen MR) is 79.5 cm³/mol. The molecule has 0 aromatic rings. The van der Waals surface area contributed by atoms with Gasteiger partial charge in [-0.15, -0.1) is 0 Å². The smallest absolute Gasteiger partial charge is 0.0694 e. The molecule has 1 saturated heterocycles. The van der Waals surface area contributed by atoms with Crippen LogP contribution in [0.15, 0.2) is 0 Å². The average Bonchev–Trinajstić information content (AvgIpc) is 2.39. The van der Waals surface area contributed by atoms with E-state index in [2.05, 4.69) is 11.8 Å². The van der Waals surface area contributed by atoms with Crippen LogP contribution < -0.4 is 0 Å². The summed E-state index contributed by atoms with van der Waals surface area (Å²) in [4.78, 5) is 2.21. The Morgan fingerprint density at radius 1 is 1.20 bits per heavy atom. The Hall–Kier alpha value is -0.160. The van der Waals surface area contributed by atoms with Crippen molar-refractivity contribution >= 4 is 0 Å². The molecule has 1 saturated carbocycles. The van der Waals surface area contributed by atoms with E-state index in [-0.39, 0.29) is 12.6 Å². The molecule has 1 aliphatic carbocycles. The summed E-state index contributed by atoms with van der Waals surface area (Å²) in [6.07, 6.45) is 7.28. The van der Waals surface area contributed by atoms with Crippen molar-refractivity contribution in [2.45, 2.75) is 76.0 Å². The molecule has 1 heterocycles. The van der Waals surface area contributed by atoms with E-state index in [0.717, 1.165) is 45.1 Å². The maximum Gasteiger partial charge on any atom is 0.0694 e. The molecule has 3 N–H and O–H groups in total. The fourth-order valence-corrected chi connectivity index (χ4v) is 4.04. The molecule has 0 bridgehead atoms. The van der Waals surface area contributed by atoms with Crippen LogP contribution >= 0.6 is 0 Å². The number of piperidine rings is 1. The monoisotopic (exact) mass is 285 g/mol. The topological polar surface area (TPSA) is 63.9 Å². The molecule has 20 heavy (non-hydrogen) atoms. The van der Waals surface area contributed by atoms with Gasteiger partial charge in [-0.1, -0.05) is 26.2 Å². The first-order valence-electron chi connectivity index (χ1n) is 8.29. The third-order valence-electron chi connectivity index (χ3n) is 5.26. The lowest BCUT2D eigenvalue weighted by atomic mass is 9.80. The number of aliphatic hydroxyl groups excluding tert-OH is 2. The van der Waals surface area contributed by atoms with E-state index in [1.54, 1.807) is 0 Å². The van der Waals surface area contributed by atoms with E-state index in [9.17, 15) is 15.3 Å². The van der Waals surface area contributed by atoms with Gasteiger partial charge in [-0.2, -0.15) is 0 Å². The summed E-state index contributed by atoms with van der Waals surface area (Å²) in [5.74, 6) is 0.485. The Balaban J connectivity index is 1.84. The number of rotatable bonds is 5. The molecule has 4 heteroatoms. The quantitative estimate of drug-likeness (QED) is 0.717. The van der Waals surface area contributed by atoms with Crippen LogP contribution in [-0.2, 0) is 0 Å². The highest BCUT2D eigenvalue weighted by molar-refractivity contribution is 4.88. The third-order valence-corrected chi connectivity index (χ3v) is 5.26. The van der Waals surface area contributed by atoms with Crippen LogP contribution in [0.5, 0.6) is 0 Å². The standard InChI is InChI=1S/C16H31NO3/c1-13-6-5-9-17(15(13)12-18)11-14(19)10-16(20)7-3-2-4-8-16/h13-15,18-20H,2-12H2,1H3/t13-,14?,15-/m1/s1. The number of aliphatic hydroxyl groups is 3. The molecule has 2 aliphatic rings. The fourth-order valence-electron chi connectivity index (χ4n) is 4.04. The number of likely N-dealkylation sites (tertiary alicyclic amines) is 1. The van der Waals surface area contributed by atoms with E-state index < -0.39 is 11.7 Å². The molecule has 1 aliphatic heterocycles. The number of nitrogens with zero attached hydrogens (tertiary/aromatic N) is 1. The number of hydrogen-bond acceptors (Lipinski definition) is 4. The van der Waals surface area contributed by atoms with Crippen LogP contribution in [0, 0.1) is 5.92 Å². The van der Waals surface area contributed by atoms with Gasteiger partial charge in [0.25, 0.3) is 0 Å². The van der Waals surface area contributed by atoms with Gasteiger partial charge < -0.3 is 15.3 Å². The molecule has 1 unspecified atom stereocenters. The molecule has 0 aromatic carbocycles. The summed E-state index contributed by atoms with van der Waals surface area (Å²) in [6.45, 7) is 3.87. The van der Waals surface area contributed by atoms with Crippen molar-refractivity contribution in [2.75, 3.05) is 19.7 Å². The lowest BCUT2D eigenvalue weighted by molar-refractivity contribution is -0.0540. The van der Waals surface area contributed by atoms with Gasteiger partial charge >= 0.3 is 0 Å². The second-order valence-electron chi connectivity index (χ2n) is 7.01. The lowest BCUT2D eigenvalue weighted by Gasteiger charge is -2.41. The van der Waals surface area contributed by atoms with E-state index in [1.807, 2.05) is 0 Å². The first-order valence-corrected chi connectivity index (χ1v) is 8.29. The van der Waals surface area contributed by atoms with Crippen LogP contribution in [0.4, 0.5) is 0 Å². The molecule has 2 fully saturated rings. The van der Waals surface area contributed by atoms with Crippen molar-refractivity contribution in [3.05, 3.63) is 0 Å². The Kier molecular flexibility index (Phi) is 5.84. The SMILES string of the molecule is C[C@@H]1CCCN(CC(O)CC2(O)CCCCC2)[C@@H]1CO. The minimum absolute atomic E-state index is 0.165. The summed E-state index contributed by atoms with van der Waals surface area (Å²) in [5.41, 5.74) is -0.659. The summed E-state index contributed by atoms with van der Waals surface area (Å²) in [6, 6.07) is 0.166. The zero-order chi connectivity index (χ0) is 14.6. The maximum absolute atomic E-state index is 10.5. The predicted octanol–water partition coefficient (Wildman–Crippen LogP) is 1.53. The molecule has 2 rings (SSSR count). The molecule has 3 atom stereocenters. The van der Waals surface area contributed by atoms with Crippen molar-refractivity contribution < 1.29 is 15.3 Å². The molecule has 0 radical (unpaired) electrons. The Morgan fingerprint density at radius 3 is 2.55 bits per heavy atom. The van der Waals surface area contributed by atoms with Crippen LogP contribution in [0.1, 0.15) is 58.3 Å². The number of hydrogen-bond donors (Lipinski definition) is 3. The summed E-state index contributed by atoms with van der Waals surface area (Å²) >= 11 is 0. The third kappa shape index (κ3) is 4.17. The van der Waals surface area contributed by atoms with Crippen LogP contribution in [0.25, 0.3) is 0 Å². The van der Waals surface area contributed by atoms with E-state index in [1.165, 1.54) is 6.42 Å². The fraction of sp³-hybridized carbons (Fsp3) is 1.00. The molecule has 4 nitrogen and oxygen atoms in total. The molecule has 0 aromatic heterocycles. The minimum Gasteiger partial charge on any atom is -0.395 e. The van der Waals surface area contributed by atoms with Gasteiger partial charge in [-0.05, 0) is 38.1 Å². The van der Waals surface area contributed by atoms with Gasteiger partial charge in [0, 0.05) is 19.0 Å². The van der Waals surface area contributed by atoms with Crippen LogP contribution in [-0.4, -0.2) is 57.7 Å². The van der Waals surface area contributed by atoms with E-state index >= 15 is 0 Å². The first-order chi connectivity index (χ1) is 9.54. The number of β-amino-alcohol motifs (C(OH)–C–C–N with tert-alkyl or cyclic N) is 1. The molecule has 118 valence electrons. The van der Waals surface area contributed by atoms with Crippen LogP contribution in [0.2, 0.25) is 0 Å². The van der Waals surface area contributed by atoms with Gasteiger partial charge in [0.05, 0.1) is 18.3 Å². The van der Waals surface area contributed by atoms with Gasteiger partial charge in [0.15, 0.2) is 0 Å². The van der Waals surface area contributed by atoms with Gasteiger partial charge in [-0.25, -0.2) is 0 Å². The van der Waals surface area contributed by atoms with E-state index in [0.29, 0.717) is 18.9 Å². The zero-order valence-electron chi connectivity index (χ0n) is 12.8. The van der Waals surface area contributed by atoms with E-state index in [4.69, 9.17) is 0 Å². The second-order valence-corrected chi connectivity index (χ2v) is 7.01. The van der Waals surface area contributed by atoms with Gasteiger partial charge in [-0.3, -0.25) is 4.90 Å². The highest BCUT2D eigenvalue weighted by Gasteiger charge is 2.34. The molecule has 0 spiro atoms. The normalized spacial score (nSPS) is 33.0. The maximum atomic E-state index is 10.5. The van der Waals surface area contributed by atoms with Crippen molar-refractivity contribution in [2.24, 2.45) is 5.92 Å².